The van der Waals surface area contributed by atoms with Crippen LogP contribution in [0.15, 0.2) is 43.0 Å². The Morgan fingerprint density at radius 3 is 2.41 bits per heavy atom. The zero-order valence-electron chi connectivity index (χ0n) is 9.90. The standard InChI is InChI=1S/C13H15NO3/c1-4-12(16)14-13(3,17-10(2)15)11-8-6-5-7-9-11/h4-9H,1H2,2-3H3,(H,14,16). The van der Waals surface area contributed by atoms with Gasteiger partial charge in [0.25, 0.3) is 0 Å². The van der Waals surface area contributed by atoms with Crippen molar-refractivity contribution < 1.29 is 14.3 Å². The highest BCUT2D eigenvalue weighted by Gasteiger charge is 2.31. The van der Waals surface area contributed by atoms with Crippen molar-refractivity contribution >= 4 is 11.9 Å². The minimum atomic E-state index is -1.18. The van der Waals surface area contributed by atoms with Crippen molar-refractivity contribution in [2.24, 2.45) is 0 Å². The first kappa shape index (κ1) is 13.0. The van der Waals surface area contributed by atoms with Crippen LogP contribution in [0.5, 0.6) is 0 Å². The third-order valence-corrected chi connectivity index (χ3v) is 2.22. The number of amides is 1. The fourth-order valence-corrected chi connectivity index (χ4v) is 1.49. The summed E-state index contributed by atoms with van der Waals surface area (Å²) >= 11 is 0. The van der Waals surface area contributed by atoms with E-state index in [0.29, 0.717) is 5.56 Å². The number of carbonyl (C=O) groups excluding carboxylic acids is 2. The van der Waals surface area contributed by atoms with Crippen molar-refractivity contribution in [1.29, 1.82) is 0 Å². The summed E-state index contributed by atoms with van der Waals surface area (Å²) in [4.78, 5) is 22.5. The van der Waals surface area contributed by atoms with Crippen LogP contribution in [0.3, 0.4) is 0 Å². The predicted octanol–water partition coefficient (Wildman–Crippen LogP) is 1.72. The molecule has 1 atom stereocenters. The Balaban J connectivity index is 3.05. The van der Waals surface area contributed by atoms with Gasteiger partial charge in [-0.1, -0.05) is 36.9 Å². The molecule has 1 rings (SSSR count). The molecule has 90 valence electrons. The minimum absolute atomic E-state index is 0.405. The average Bonchev–Trinajstić information content (AvgIpc) is 2.29. The number of ether oxygens (including phenoxy) is 1. The zero-order valence-corrected chi connectivity index (χ0v) is 9.90. The van der Waals surface area contributed by atoms with E-state index in [0.717, 1.165) is 6.08 Å². The molecule has 0 aromatic heterocycles. The highest BCUT2D eigenvalue weighted by molar-refractivity contribution is 5.87. The van der Waals surface area contributed by atoms with E-state index in [4.69, 9.17) is 4.74 Å². The lowest BCUT2D eigenvalue weighted by atomic mass is 10.0. The Hall–Kier alpha value is -2.10. The lowest BCUT2D eigenvalue weighted by molar-refractivity contribution is -0.161. The van der Waals surface area contributed by atoms with Gasteiger partial charge in [-0.25, -0.2) is 0 Å². The molecule has 0 spiro atoms. The molecule has 0 fully saturated rings. The van der Waals surface area contributed by atoms with Gasteiger partial charge in [-0.3, -0.25) is 9.59 Å². The molecule has 1 aromatic rings. The maximum absolute atomic E-state index is 11.4. The lowest BCUT2D eigenvalue weighted by Crippen LogP contribution is -2.46. The normalized spacial score (nSPS) is 13.3. The fourth-order valence-electron chi connectivity index (χ4n) is 1.49. The number of hydrogen-bond donors (Lipinski definition) is 1. The first-order chi connectivity index (χ1) is 7.98. The molecule has 0 saturated heterocycles. The summed E-state index contributed by atoms with van der Waals surface area (Å²) in [5.41, 5.74) is -0.497. The van der Waals surface area contributed by atoms with Crippen LogP contribution in [0.25, 0.3) is 0 Å². The monoisotopic (exact) mass is 233 g/mol. The molecular formula is C13H15NO3. The molecule has 0 heterocycles. The summed E-state index contributed by atoms with van der Waals surface area (Å²) in [5, 5.41) is 2.59. The molecule has 4 nitrogen and oxygen atoms in total. The van der Waals surface area contributed by atoms with Gasteiger partial charge in [0.15, 0.2) is 0 Å². The van der Waals surface area contributed by atoms with Gasteiger partial charge in [0, 0.05) is 12.5 Å². The van der Waals surface area contributed by atoms with Crippen molar-refractivity contribution in [3.8, 4) is 0 Å². The van der Waals surface area contributed by atoms with Crippen molar-refractivity contribution in [2.45, 2.75) is 19.6 Å². The van der Waals surface area contributed by atoms with Crippen LogP contribution in [-0.4, -0.2) is 11.9 Å². The molecule has 0 saturated carbocycles. The van der Waals surface area contributed by atoms with Gasteiger partial charge in [0.05, 0.1) is 0 Å². The van der Waals surface area contributed by atoms with E-state index < -0.39 is 17.6 Å². The van der Waals surface area contributed by atoms with E-state index in [-0.39, 0.29) is 0 Å². The Bertz CT molecular complexity index is 428. The highest BCUT2D eigenvalue weighted by Crippen LogP contribution is 2.22. The second kappa shape index (κ2) is 5.30. The van der Waals surface area contributed by atoms with E-state index >= 15 is 0 Å². The van der Waals surface area contributed by atoms with Gasteiger partial charge in [-0.05, 0) is 13.0 Å². The molecule has 0 radical (unpaired) electrons. The van der Waals surface area contributed by atoms with Gasteiger partial charge in [0.1, 0.15) is 0 Å². The third-order valence-electron chi connectivity index (χ3n) is 2.22. The Labute approximate surface area is 100 Å². The quantitative estimate of drug-likeness (QED) is 0.489. The average molecular weight is 233 g/mol. The van der Waals surface area contributed by atoms with E-state index in [1.807, 2.05) is 6.07 Å². The van der Waals surface area contributed by atoms with E-state index in [1.165, 1.54) is 6.92 Å². The van der Waals surface area contributed by atoms with Crippen LogP contribution in [0.1, 0.15) is 19.4 Å². The van der Waals surface area contributed by atoms with Gasteiger partial charge in [-0.15, -0.1) is 0 Å². The molecular weight excluding hydrogens is 218 g/mol. The second-order valence-corrected chi connectivity index (χ2v) is 3.69. The molecule has 0 aliphatic rings. The fraction of sp³-hybridized carbons (Fsp3) is 0.231. The smallest absolute Gasteiger partial charge is 0.304 e. The largest absolute Gasteiger partial charge is 0.435 e. The number of benzene rings is 1. The number of nitrogens with one attached hydrogen (secondary N) is 1. The lowest BCUT2D eigenvalue weighted by Gasteiger charge is -2.30. The van der Waals surface area contributed by atoms with Crippen LogP contribution < -0.4 is 5.32 Å². The molecule has 1 N–H and O–H groups in total. The van der Waals surface area contributed by atoms with E-state index in [1.54, 1.807) is 31.2 Å². The molecule has 0 aliphatic heterocycles. The molecule has 1 amide bonds. The van der Waals surface area contributed by atoms with E-state index in [2.05, 4.69) is 11.9 Å². The van der Waals surface area contributed by atoms with Crippen molar-refractivity contribution in [2.75, 3.05) is 0 Å². The van der Waals surface area contributed by atoms with Gasteiger partial charge in [-0.2, -0.15) is 0 Å². The topological polar surface area (TPSA) is 55.4 Å². The zero-order chi connectivity index (χ0) is 12.9. The summed E-state index contributed by atoms with van der Waals surface area (Å²) in [6.45, 7) is 6.27. The summed E-state index contributed by atoms with van der Waals surface area (Å²) in [5.74, 6) is -0.877. The first-order valence-electron chi connectivity index (χ1n) is 5.17. The molecule has 0 bridgehead atoms. The van der Waals surface area contributed by atoms with Crippen LogP contribution in [0, 0.1) is 0 Å². The number of esters is 1. The Kier molecular flexibility index (Phi) is 4.04. The molecule has 1 aromatic carbocycles. The Morgan fingerprint density at radius 2 is 1.94 bits per heavy atom. The number of rotatable bonds is 4. The van der Waals surface area contributed by atoms with Crippen molar-refractivity contribution in [1.82, 2.24) is 5.32 Å². The van der Waals surface area contributed by atoms with Crippen LogP contribution in [0.4, 0.5) is 0 Å². The Morgan fingerprint density at radius 1 is 1.35 bits per heavy atom. The highest BCUT2D eigenvalue weighted by atomic mass is 16.6. The summed E-state index contributed by atoms with van der Waals surface area (Å²) in [6.07, 6.45) is 1.13. The number of carbonyl (C=O) groups is 2. The predicted molar refractivity (Wildman–Crippen MR) is 63.9 cm³/mol. The van der Waals surface area contributed by atoms with Crippen LogP contribution >= 0.6 is 0 Å². The van der Waals surface area contributed by atoms with Gasteiger partial charge < -0.3 is 10.1 Å². The first-order valence-corrected chi connectivity index (χ1v) is 5.17. The SMILES string of the molecule is C=CC(=O)NC(C)(OC(C)=O)c1ccccc1. The summed E-state index contributed by atoms with van der Waals surface area (Å²) in [7, 11) is 0. The molecule has 4 heteroatoms. The summed E-state index contributed by atoms with van der Waals surface area (Å²) < 4.78 is 5.18. The summed E-state index contributed by atoms with van der Waals surface area (Å²) in [6, 6.07) is 8.99. The molecule has 17 heavy (non-hydrogen) atoms. The molecule has 1 unspecified atom stereocenters. The third kappa shape index (κ3) is 3.45. The maximum atomic E-state index is 11.4. The maximum Gasteiger partial charge on any atom is 0.304 e. The molecule has 0 aliphatic carbocycles. The van der Waals surface area contributed by atoms with Gasteiger partial charge in [0.2, 0.25) is 11.6 Å². The van der Waals surface area contributed by atoms with Gasteiger partial charge >= 0.3 is 5.97 Å². The van der Waals surface area contributed by atoms with E-state index in [9.17, 15) is 9.59 Å². The van der Waals surface area contributed by atoms with Crippen molar-refractivity contribution in [3.05, 3.63) is 48.6 Å². The minimum Gasteiger partial charge on any atom is -0.435 e. The second-order valence-electron chi connectivity index (χ2n) is 3.69. The number of hydrogen-bond acceptors (Lipinski definition) is 3. The van der Waals surface area contributed by atoms with Crippen molar-refractivity contribution in [3.63, 3.8) is 0 Å². The van der Waals surface area contributed by atoms with Crippen LogP contribution in [0.2, 0.25) is 0 Å². The van der Waals surface area contributed by atoms with Crippen LogP contribution in [-0.2, 0) is 20.1 Å².